The third-order valence-electron chi connectivity index (χ3n) is 6.42. The molecule has 1 atom stereocenters. The number of carbonyl (C=O) groups is 4. The van der Waals surface area contributed by atoms with Crippen LogP contribution in [0, 0.1) is 5.82 Å². The van der Waals surface area contributed by atoms with Crippen LogP contribution in [0.15, 0.2) is 30.5 Å². The maximum absolute atomic E-state index is 14.4. The third kappa shape index (κ3) is 4.99. The fraction of sp³-hybridized carbons (Fsp3) is 0.360. The summed E-state index contributed by atoms with van der Waals surface area (Å²) in [5.74, 6) is -2.18. The number of benzene rings is 1. The second-order valence-corrected chi connectivity index (χ2v) is 9.11. The molecule has 3 amide bonds. The molecule has 12 heteroatoms. The molecule has 0 spiro atoms. The number of amides is 3. The number of likely N-dealkylation sites (tertiary alicyclic amines) is 1. The average Bonchev–Trinajstić information content (AvgIpc) is 3.47. The first-order valence-electron chi connectivity index (χ1n) is 12.0. The zero-order valence-electron chi connectivity index (χ0n) is 20.1. The van der Waals surface area contributed by atoms with Gasteiger partial charge in [-0.1, -0.05) is 6.07 Å². The van der Waals surface area contributed by atoms with E-state index in [4.69, 9.17) is 4.74 Å². The summed E-state index contributed by atoms with van der Waals surface area (Å²) in [6, 6.07) is 5.51. The van der Waals surface area contributed by atoms with Crippen LogP contribution in [0.25, 0.3) is 5.65 Å². The van der Waals surface area contributed by atoms with Crippen LogP contribution >= 0.6 is 0 Å². The largest absolute Gasteiger partial charge is 0.426 e. The molecule has 3 aromatic rings. The molecule has 1 fully saturated rings. The van der Waals surface area contributed by atoms with Gasteiger partial charge < -0.3 is 20.3 Å². The van der Waals surface area contributed by atoms with Crippen molar-refractivity contribution in [3.63, 3.8) is 0 Å². The van der Waals surface area contributed by atoms with E-state index in [1.807, 2.05) is 0 Å². The van der Waals surface area contributed by atoms with Crippen molar-refractivity contribution in [2.24, 2.45) is 0 Å². The summed E-state index contributed by atoms with van der Waals surface area (Å²) >= 11 is 0. The average molecular weight is 509 g/mol. The monoisotopic (exact) mass is 508 g/mol. The summed E-state index contributed by atoms with van der Waals surface area (Å²) in [7, 11) is 0. The molecule has 0 saturated carbocycles. The van der Waals surface area contributed by atoms with E-state index in [-0.39, 0.29) is 41.9 Å². The van der Waals surface area contributed by atoms with Gasteiger partial charge in [-0.05, 0) is 43.9 Å². The Labute approximate surface area is 211 Å². The Bertz CT molecular complexity index is 1410. The molecule has 0 aliphatic carbocycles. The van der Waals surface area contributed by atoms with Crippen molar-refractivity contribution >= 4 is 29.3 Å². The van der Waals surface area contributed by atoms with Crippen LogP contribution in [0.5, 0.6) is 5.75 Å². The highest BCUT2D eigenvalue weighted by Gasteiger charge is 2.26. The van der Waals surface area contributed by atoms with Crippen molar-refractivity contribution in [1.82, 2.24) is 30.1 Å². The molecule has 5 rings (SSSR count). The maximum atomic E-state index is 14.4. The van der Waals surface area contributed by atoms with E-state index in [2.05, 4.69) is 20.7 Å². The summed E-state index contributed by atoms with van der Waals surface area (Å²) in [6.45, 7) is 2.97. The molecule has 4 heterocycles. The van der Waals surface area contributed by atoms with Gasteiger partial charge in [0.05, 0.1) is 12.6 Å². The number of ether oxygens (including phenoxy) is 1. The van der Waals surface area contributed by atoms with Crippen molar-refractivity contribution in [2.45, 2.75) is 45.2 Å². The van der Waals surface area contributed by atoms with E-state index in [1.165, 1.54) is 6.07 Å². The second-order valence-electron chi connectivity index (χ2n) is 9.11. The number of nitrogens with one attached hydrogen (secondary N) is 2. The summed E-state index contributed by atoms with van der Waals surface area (Å²) < 4.78 is 20.4. The Balaban J connectivity index is 1.33. The second kappa shape index (κ2) is 9.96. The van der Waals surface area contributed by atoms with Gasteiger partial charge in [-0.15, -0.1) is 0 Å². The highest BCUT2D eigenvalue weighted by molar-refractivity contribution is 6.00. The predicted octanol–water partition coefficient (Wildman–Crippen LogP) is 1.39. The Morgan fingerprint density at radius 3 is 2.70 bits per heavy atom. The predicted molar refractivity (Wildman–Crippen MR) is 127 cm³/mol. The summed E-state index contributed by atoms with van der Waals surface area (Å²) in [5.41, 5.74) is 0.841. The van der Waals surface area contributed by atoms with E-state index in [1.54, 1.807) is 30.0 Å². The van der Waals surface area contributed by atoms with Gasteiger partial charge in [0.2, 0.25) is 5.91 Å². The Kier molecular flexibility index (Phi) is 6.55. The van der Waals surface area contributed by atoms with Crippen molar-refractivity contribution in [1.29, 1.82) is 0 Å². The number of esters is 1. The lowest BCUT2D eigenvalue weighted by Gasteiger charge is -2.29. The number of hydrogen-bond acceptors (Lipinski definition) is 7. The minimum absolute atomic E-state index is 0.109. The molecule has 2 aliphatic heterocycles. The van der Waals surface area contributed by atoms with Crippen molar-refractivity contribution in [3.05, 3.63) is 58.8 Å². The van der Waals surface area contributed by atoms with Gasteiger partial charge in [-0.25, -0.2) is 13.9 Å². The lowest BCUT2D eigenvalue weighted by Crippen LogP contribution is -2.48. The van der Waals surface area contributed by atoms with Gasteiger partial charge in [0.25, 0.3) is 11.8 Å². The molecule has 2 aromatic heterocycles. The number of rotatable bonds is 6. The summed E-state index contributed by atoms with van der Waals surface area (Å²) in [4.78, 5) is 55.9. The number of piperidine rings is 1. The van der Waals surface area contributed by atoms with Gasteiger partial charge in [0.1, 0.15) is 23.2 Å². The van der Waals surface area contributed by atoms with Crippen LogP contribution in [0.3, 0.4) is 0 Å². The molecule has 2 aliphatic rings. The van der Waals surface area contributed by atoms with Crippen LogP contribution in [-0.4, -0.2) is 62.3 Å². The van der Waals surface area contributed by atoms with Crippen LogP contribution in [0.2, 0.25) is 0 Å². The topological polar surface area (TPSA) is 135 Å². The van der Waals surface area contributed by atoms with E-state index >= 15 is 0 Å². The zero-order chi connectivity index (χ0) is 26.1. The van der Waals surface area contributed by atoms with E-state index < -0.39 is 23.7 Å². The van der Waals surface area contributed by atoms with Crippen LogP contribution in [0.4, 0.5) is 4.39 Å². The van der Waals surface area contributed by atoms with E-state index in [9.17, 15) is 23.6 Å². The fourth-order valence-corrected chi connectivity index (χ4v) is 4.50. The first-order valence-corrected chi connectivity index (χ1v) is 12.0. The number of carbonyl (C=O) groups excluding carboxylic acids is 4. The Morgan fingerprint density at radius 2 is 1.92 bits per heavy atom. The minimum Gasteiger partial charge on any atom is -0.426 e. The molecular weight excluding hydrogens is 483 g/mol. The number of halogens is 1. The minimum atomic E-state index is -0.817. The fourth-order valence-electron chi connectivity index (χ4n) is 4.50. The number of fused-ring (bicyclic) bond motifs is 2. The molecule has 2 N–H and O–H groups in total. The molecule has 0 unspecified atom stereocenters. The number of hydrogen-bond donors (Lipinski definition) is 2. The van der Waals surface area contributed by atoms with Crippen molar-refractivity contribution in [3.8, 4) is 5.75 Å². The first-order chi connectivity index (χ1) is 17.8. The summed E-state index contributed by atoms with van der Waals surface area (Å²) in [6.07, 6.45) is 3.96. The standard InChI is InChI=1S/C25H25FN6O5/c1-14(25(36)31-7-3-2-4-8-31)29-24(35)19-11-18(30-22-17(26)13-28-32(19)22)23(34)27-12-15-5-6-20-16(9-15)10-21(33)37-20/h5-6,9,11,13-14H,2-4,7-8,10,12H2,1H3,(H,27,34)(H,29,35)/t14-/m0/s1. The smallest absolute Gasteiger partial charge is 0.315 e. The highest BCUT2D eigenvalue weighted by Crippen LogP contribution is 2.26. The molecule has 0 radical (unpaired) electrons. The molecule has 1 aromatic carbocycles. The lowest BCUT2D eigenvalue weighted by atomic mass is 10.1. The molecule has 11 nitrogen and oxygen atoms in total. The quantitative estimate of drug-likeness (QED) is 0.380. The van der Waals surface area contributed by atoms with E-state index in [0.29, 0.717) is 18.8 Å². The van der Waals surface area contributed by atoms with Gasteiger partial charge in [-0.3, -0.25) is 19.2 Å². The Morgan fingerprint density at radius 1 is 1.14 bits per heavy atom. The van der Waals surface area contributed by atoms with Crippen molar-refractivity contribution < 1.29 is 28.3 Å². The maximum Gasteiger partial charge on any atom is 0.315 e. The lowest BCUT2D eigenvalue weighted by molar-refractivity contribution is -0.134. The third-order valence-corrected chi connectivity index (χ3v) is 6.42. The summed E-state index contributed by atoms with van der Waals surface area (Å²) in [5, 5.41) is 9.19. The molecule has 1 saturated heterocycles. The SMILES string of the molecule is C[C@H](NC(=O)c1cc(C(=O)NCc2ccc3c(c2)CC(=O)O3)nc2c(F)cnn12)C(=O)N1CCCCC1. The van der Waals surface area contributed by atoms with Crippen LogP contribution < -0.4 is 15.4 Å². The molecule has 192 valence electrons. The Hall–Kier alpha value is -4.35. The molecule has 37 heavy (non-hydrogen) atoms. The van der Waals surface area contributed by atoms with Gasteiger partial charge in [-0.2, -0.15) is 5.10 Å². The first kappa shape index (κ1) is 24.3. The number of nitrogens with zero attached hydrogens (tertiary/aromatic N) is 4. The van der Waals surface area contributed by atoms with Gasteiger partial charge >= 0.3 is 5.97 Å². The van der Waals surface area contributed by atoms with E-state index in [0.717, 1.165) is 41.1 Å². The van der Waals surface area contributed by atoms with Gasteiger partial charge in [0.15, 0.2) is 11.5 Å². The number of aromatic nitrogens is 3. The van der Waals surface area contributed by atoms with Crippen LogP contribution in [0.1, 0.15) is 58.3 Å². The van der Waals surface area contributed by atoms with Crippen LogP contribution in [-0.2, 0) is 22.6 Å². The normalized spacial score (nSPS) is 15.7. The highest BCUT2D eigenvalue weighted by atomic mass is 19.1. The van der Waals surface area contributed by atoms with Crippen molar-refractivity contribution in [2.75, 3.05) is 13.1 Å². The van der Waals surface area contributed by atoms with Gasteiger partial charge in [0, 0.05) is 31.3 Å². The molecular formula is C25H25FN6O5. The molecule has 0 bridgehead atoms. The zero-order valence-corrected chi connectivity index (χ0v) is 20.1.